The van der Waals surface area contributed by atoms with E-state index in [4.69, 9.17) is 11.3 Å². The van der Waals surface area contributed by atoms with Gasteiger partial charge in [-0.2, -0.15) is 5.10 Å². The Bertz CT molecular complexity index is 741. The highest BCUT2D eigenvalue weighted by Gasteiger charge is 2.24. The van der Waals surface area contributed by atoms with E-state index >= 15 is 0 Å². The number of benzene rings is 1. The van der Waals surface area contributed by atoms with Crippen molar-refractivity contribution in [3.63, 3.8) is 0 Å². The van der Waals surface area contributed by atoms with Crippen LogP contribution < -0.4 is 11.2 Å². The maximum Gasteiger partial charge on any atom is 0.273 e. The van der Waals surface area contributed by atoms with Crippen LogP contribution in [-0.4, -0.2) is 23.9 Å². The first kappa shape index (κ1) is 21.6. The Kier molecular flexibility index (Phi) is 8.66. The summed E-state index contributed by atoms with van der Waals surface area (Å²) < 4.78 is 0. The molecule has 1 aliphatic rings. The zero-order valence-electron chi connectivity index (χ0n) is 16.9. The van der Waals surface area contributed by atoms with Crippen LogP contribution in [0.2, 0.25) is 0 Å². The second-order valence-corrected chi connectivity index (χ2v) is 7.26. The van der Waals surface area contributed by atoms with E-state index in [0.717, 1.165) is 32.1 Å². The Labute approximate surface area is 168 Å². The third-order valence-corrected chi connectivity index (χ3v) is 5.31. The summed E-state index contributed by atoms with van der Waals surface area (Å²) in [5.41, 5.74) is 2.09. The highest BCUT2D eigenvalue weighted by molar-refractivity contribution is 6.69. The van der Waals surface area contributed by atoms with Crippen molar-refractivity contribution in [1.82, 2.24) is 5.32 Å². The van der Waals surface area contributed by atoms with Gasteiger partial charge in [0, 0.05) is 12.1 Å². The van der Waals surface area contributed by atoms with Crippen LogP contribution in [0.15, 0.2) is 59.2 Å². The average Bonchev–Trinajstić information content (AvgIpc) is 2.73. The second-order valence-electron chi connectivity index (χ2n) is 7.26. The first-order valence-electron chi connectivity index (χ1n) is 10.1. The predicted molar refractivity (Wildman–Crippen MR) is 117 cm³/mol. The number of allylic oxidation sites excluding steroid dienone is 4. The third-order valence-electron chi connectivity index (χ3n) is 5.31. The molecular formula is C23H32N4O. The second kappa shape index (κ2) is 11.2. The Morgan fingerprint density at radius 3 is 2.50 bits per heavy atom. The van der Waals surface area contributed by atoms with Crippen molar-refractivity contribution in [2.45, 2.75) is 46.0 Å². The lowest BCUT2D eigenvalue weighted by molar-refractivity contribution is -0.114. The van der Waals surface area contributed by atoms with Gasteiger partial charge in [0.05, 0.1) is 5.71 Å². The van der Waals surface area contributed by atoms with E-state index < -0.39 is 0 Å². The Hall–Kier alpha value is -2.69. The molecule has 0 heterocycles. The number of nitrogens with one attached hydrogen (secondary N) is 2. The third kappa shape index (κ3) is 5.91. The summed E-state index contributed by atoms with van der Waals surface area (Å²) in [6.07, 6.45) is 12.2. The minimum atomic E-state index is -0.376. The molecule has 0 saturated heterocycles. The lowest BCUT2D eigenvalue weighted by Crippen LogP contribution is -2.39. The summed E-state index contributed by atoms with van der Waals surface area (Å²) in [4.78, 5) is 12.5. The van der Waals surface area contributed by atoms with Crippen molar-refractivity contribution >= 4 is 17.3 Å². The smallest absolute Gasteiger partial charge is 0.273 e. The normalized spacial score (nSPS) is 20.9. The van der Waals surface area contributed by atoms with Gasteiger partial charge >= 0.3 is 0 Å². The molecule has 150 valence electrons. The van der Waals surface area contributed by atoms with Gasteiger partial charge in [-0.3, -0.25) is 10.2 Å². The Morgan fingerprint density at radius 1 is 1.25 bits per heavy atom. The standard InChI is InChI=1S/C23H32N4O/c1-3-8-18(9-4-2)19-14-12-17(13-15-19)16-26-23(28)22(27-25)21(24)20-10-6-5-7-11-20/h3,5-11,17,19,24H,4,12-16,25H2,1-2H3,(H,26,28)/b8-3-,18-9+,24-21?,27-22+. The molecule has 0 aromatic heterocycles. The minimum Gasteiger partial charge on any atom is -0.350 e. The maximum absolute atomic E-state index is 12.5. The van der Waals surface area contributed by atoms with Crippen LogP contribution in [0.4, 0.5) is 0 Å². The van der Waals surface area contributed by atoms with Crippen LogP contribution in [0.3, 0.4) is 0 Å². The van der Waals surface area contributed by atoms with Gasteiger partial charge in [-0.15, -0.1) is 0 Å². The zero-order chi connectivity index (χ0) is 20.4. The first-order chi connectivity index (χ1) is 13.6. The summed E-state index contributed by atoms with van der Waals surface area (Å²) in [6.45, 7) is 4.84. The summed E-state index contributed by atoms with van der Waals surface area (Å²) in [7, 11) is 0. The molecular weight excluding hydrogens is 348 g/mol. The topological polar surface area (TPSA) is 91.3 Å². The van der Waals surface area contributed by atoms with Crippen molar-refractivity contribution < 1.29 is 4.79 Å². The van der Waals surface area contributed by atoms with Crippen molar-refractivity contribution in [3.8, 4) is 0 Å². The summed E-state index contributed by atoms with van der Waals surface area (Å²) in [5, 5.41) is 14.7. The largest absolute Gasteiger partial charge is 0.350 e. The first-order valence-corrected chi connectivity index (χ1v) is 10.1. The SMILES string of the molecule is C/C=C\C(=C/CC)C1CCC(CNC(=O)/C(=N/N)C(=N)c2ccccc2)CC1. The van der Waals surface area contributed by atoms with E-state index in [1.165, 1.54) is 5.57 Å². The van der Waals surface area contributed by atoms with Crippen LogP contribution >= 0.6 is 0 Å². The van der Waals surface area contributed by atoms with Gasteiger partial charge in [0.1, 0.15) is 0 Å². The highest BCUT2D eigenvalue weighted by Crippen LogP contribution is 2.33. The highest BCUT2D eigenvalue weighted by atomic mass is 16.1. The van der Waals surface area contributed by atoms with Gasteiger partial charge in [0.15, 0.2) is 5.71 Å². The summed E-state index contributed by atoms with van der Waals surface area (Å²) in [6, 6.07) is 9.05. The molecule has 0 bridgehead atoms. The Morgan fingerprint density at radius 2 is 1.93 bits per heavy atom. The molecule has 1 amide bonds. The molecule has 1 saturated carbocycles. The Balaban J connectivity index is 1.86. The van der Waals surface area contributed by atoms with E-state index in [1.807, 2.05) is 18.2 Å². The number of hydrazone groups is 1. The fourth-order valence-corrected chi connectivity index (χ4v) is 3.80. The van der Waals surface area contributed by atoms with E-state index in [0.29, 0.717) is 23.9 Å². The molecule has 4 N–H and O–H groups in total. The monoisotopic (exact) mass is 380 g/mol. The van der Waals surface area contributed by atoms with Crippen molar-refractivity contribution in [3.05, 3.63) is 59.7 Å². The molecule has 1 aromatic carbocycles. The van der Waals surface area contributed by atoms with E-state index in [1.54, 1.807) is 12.1 Å². The number of nitrogens with zero attached hydrogens (tertiary/aromatic N) is 1. The number of carbonyl (C=O) groups is 1. The maximum atomic E-state index is 12.5. The van der Waals surface area contributed by atoms with Crippen LogP contribution in [0.25, 0.3) is 0 Å². The van der Waals surface area contributed by atoms with E-state index in [9.17, 15) is 4.79 Å². The molecule has 0 unspecified atom stereocenters. The fourth-order valence-electron chi connectivity index (χ4n) is 3.80. The molecule has 5 nitrogen and oxygen atoms in total. The van der Waals surface area contributed by atoms with Gasteiger partial charge in [-0.1, -0.05) is 55.5 Å². The van der Waals surface area contributed by atoms with Gasteiger partial charge in [-0.05, 0) is 56.4 Å². The molecule has 0 aliphatic heterocycles. The van der Waals surface area contributed by atoms with E-state index in [-0.39, 0.29) is 17.3 Å². The fraction of sp³-hybridized carbons (Fsp3) is 0.435. The van der Waals surface area contributed by atoms with Crippen molar-refractivity contribution in [2.24, 2.45) is 22.8 Å². The summed E-state index contributed by atoms with van der Waals surface area (Å²) in [5.74, 6) is 6.10. The number of carbonyl (C=O) groups excluding carboxylic acids is 1. The quantitative estimate of drug-likeness (QED) is 0.273. The lowest BCUT2D eigenvalue weighted by atomic mass is 9.78. The minimum absolute atomic E-state index is 0.0267. The molecule has 1 aromatic rings. The molecule has 0 spiro atoms. The molecule has 0 radical (unpaired) electrons. The number of hydrogen-bond acceptors (Lipinski definition) is 4. The zero-order valence-corrected chi connectivity index (χ0v) is 16.9. The van der Waals surface area contributed by atoms with Gasteiger partial charge in [-0.25, -0.2) is 0 Å². The molecule has 1 aliphatic carbocycles. The number of hydrogen-bond donors (Lipinski definition) is 3. The van der Waals surface area contributed by atoms with Gasteiger partial charge < -0.3 is 11.2 Å². The number of nitrogens with two attached hydrogens (primary N) is 1. The average molecular weight is 381 g/mol. The molecule has 2 rings (SSSR count). The number of rotatable bonds is 8. The molecule has 5 heteroatoms. The molecule has 0 atom stereocenters. The van der Waals surface area contributed by atoms with E-state index in [2.05, 4.69) is 42.5 Å². The molecule has 28 heavy (non-hydrogen) atoms. The lowest BCUT2D eigenvalue weighted by Gasteiger charge is -2.29. The number of amides is 1. The van der Waals surface area contributed by atoms with Gasteiger partial charge in [0.25, 0.3) is 5.91 Å². The predicted octanol–water partition coefficient (Wildman–Crippen LogP) is 4.20. The van der Waals surface area contributed by atoms with Crippen molar-refractivity contribution in [1.29, 1.82) is 5.41 Å². The van der Waals surface area contributed by atoms with Gasteiger partial charge in [0.2, 0.25) is 0 Å². The van der Waals surface area contributed by atoms with Crippen LogP contribution in [0.5, 0.6) is 0 Å². The summed E-state index contributed by atoms with van der Waals surface area (Å²) >= 11 is 0. The molecule has 1 fully saturated rings. The van der Waals surface area contributed by atoms with Crippen LogP contribution in [0.1, 0.15) is 51.5 Å². The van der Waals surface area contributed by atoms with Crippen molar-refractivity contribution in [2.75, 3.05) is 6.54 Å². The van der Waals surface area contributed by atoms with Crippen LogP contribution in [-0.2, 0) is 4.79 Å². The van der Waals surface area contributed by atoms with Crippen LogP contribution in [0, 0.1) is 17.2 Å².